The minimum atomic E-state index is -0.518. The van der Waals surface area contributed by atoms with Gasteiger partial charge in [0.1, 0.15) is 6.54 Å². The Labute approximate surface area is 159 Å². The first-order valence-electron chi connectivity index (χ1n) is 8.64. The molecule has 0 saturated carbocycles. The summed E-state index contributed by atoms with van der Waals surface area (Å²) in [6, 6.07) is 3.97. The summed E-state index contributed by atoms with van der Waals surface area (Å²) in [5.74, 6) is 0.615. The van der Waals surface area contributed by atoms with Crippen LogP contribution >= 0.6 is 15.9 Å². The summed E-state index contributed by atoms with van der Waals surface area (Å²) >= 11 is 3.52. The number of carbonyl (C=O) groups is 1. The molecule has 0 aromatic heterocycles. The quantitative estimate of drug-likeness (QED) is 0.650. The van der Waals surface area contributed by atoms with E-state index < -0.39 is 5.91 Å². The van der Waals surface area contributed by atoms with Crippen molar-refractivity contribution in [1.29, 1.82) is 0 Å². The summed E-state index contributed by atoms with van der Waals surface area (Å²) in [5, 5.41) is 2.35. The largest absolute Gasteiger partial charge is 0.490 e. The number of rotatable bonds is 9. The van der Waals surface area contributed by atoms with Crippen LogP contribution in [0.15, 0.2) is 16.6 Å². The van der Waals surface area contributed by atoms with Crippen molar-refractivity contribution in [2.75, 3.05) is 13.2 Å². The lowest BCUT2D eigenvalue weighted by Gasteiger charge is -2.30. The zero-order chi connectivity index (χ0) is 19.3. The summed E-state index contributed by atoms with van der Waals surface area (Å²) in [4.78, 5) is 11.0. The van der Waals surface area contributed by atoms with Crippen LogP contribution in [0.3, 0.4) is 0 Å². The first-order chi connectivity index (χ1) is 11.4. The minimum Gasteiger partial charge on any atom is -0.490 e. The van der Waals surface area contributed by atoms with Gasteiger partial charge in [0.05, 0.1) is 16.6 Å². The van der Waals surface area contributed by atoms with Gasteiger partial charge in [0.2, 0.25) is 0 Å². The van der Waals surface area contributed by atoms with Crippen molar-refractivity contribution in [3.05, 3.63) is 22.2 Å². The van der Waals surface area contributed by atoms with E-state index >= 15 is 0 Å². The van der Waals surface area contributed by atoms with E-state index in [2.05, 4.69) is 55.9 Å². The van der Waals surface area contributed by atoms with Crippen molar-refractivity contribution in [3.8, 4) is 11.5 Å². The summed E-state index contributed by atoms with van der Waals surface area (Å²) < 4.78 is 11.9. The maximum atomic E-state index is 11.0. The number of primary amides is 1. The Balaban J connectivity index is 2.92. The second kappa shape index (κ2) is 8.90. The molecule has 0 aliphatic carbocycles. The maximum Gasteiger partial charge on any atom is 0.255 e. The van der Waals surface area contributed by atoms with Crippen molar-refractivity contribution < 1.29 is 19.6 Å². The Morgan fingerprint density at radius 3 is 2.36 bits per heavy atom. The van der Waals surface area contributed by atoms with Crippen LogP contribution in [0.1, 0.15) is 53.5 Å². The Morgan fingerprint density at radius 2 is 1.84 bits per heavy atom. The van der Waals surface area contributed by atoms with Crippen molar-refractivity contribution in [1.82, 2.24) is 0 Å². The summed E-state index contributed by atoms with van der Waals surface area (Å²) in [6.07, 6.45) is 1.11. The Hall–Kier alpha value is -1.27. The van der Waals surface area contributed by atoms with Gasteiger partial charge in [-0.05, 0) is 54.2 Å². The van der Waals surface area contributed by atoms with Gasteiger partial charge in [-0.2, -0.15) is 0 Å². The summed E-state index contributed by atoms with van der Waals surface area (Å²) in [5.41, 5.74) is 6.71. The van der Waals surface area contributed by atoms with Gasteiger partial charge in [-0.1, -0.05) is 20.8 Å². The van der Waals surface area contributed by atoms with Gasteiger partial charge in [0.15, 0.2) is 18.1 Å². The van der Waals surface area contributed by atoms with Crippen LogP contribution in [-0.4, -0.2) is 24.7 Å². The fraction of sp³-hybridized carbons (Fsp3) is 0.632. The van der Waals surface area contributed by atoms with Crippen molar-refractivity contribution in [2.45, 2.75) is 60.0 Å². The van der Waals surface area contributed by atoms with Crippen LogP contribution in [0, 0.1) is 5.41 Å². The van der Waals surface area contributed by atoms with Crippen LogP contribution in [0.5, 0.6) is 11.5 Å². The molecule has 25 heavy (non-hydrogen) atoms. The van der Waals surface area contributed by atoms with Crippen LogP contribution < -0.4 is 20.5 Å². The van der Waals surface area contributed by atoms with Crippen molar-refractivity contribution in [3.63, 3.8) is 0 Å². The lowest BCUT2D eigenvalue weighted by molar-refractivity contribution is -0.737. The van der Waals surface area contributed by atoms with Crippen LogP contribution in [0.25, 0.3) is 0 Å². The minimum absolute atomic E-state index is 0.137. The van der Waals surface area contributed by atoms with E-state index in [4.69, 9.17) is 15.2 Å². The van der Waals surface area contributed by atoms with Crippen molar-refractivity contribution in [2.24, 2.45) is 11.1 Å². The molecule has 4 N–H and O–H groups in total. The van der Waals surface area contributed by atoms with E-state index in [9.17, 15) is 4.79 Å². The van der Waals surface area contributed by atoms with Gasteiger partial charge in [0.25, 0.3) is 5.91 Å². The molecule has 0 atom stereocenters. The second-order valence-electron chi connectivity index (χ2n) is 8.23. The molecule has 0 radical (unpaired) electrons. The monoisotopic (exact) mass is 415 g/mol. The van der Waals surface area contributed by atoms with Gasteiger partial charge >= 0.3 is 0 Å². The van der Waals surface area contributed by atoms with E-state index in [1.165, 1.54) is 0 Å². The highest BCUT2D eigenvalue weighted by atomic mass is 79.9. The molecular weight excluding hydrogens is 384 g/mol. The molecule has 0 unspecified atom stereocenters. The van der Waals surface area contributed by atoms with Crippen LogP contribution in [0.2, 0.25) is 0 Å². The highest BCUT2D eigenvalue weighted by Crippen LogP contribution is 2.37. The number of benzene rings is 1. The molecule has 0 heterocycles. The SMILES string of the molecule is CCOc1cc(C[NH2+]C(C)(C)CC(C)(C)C)cc(Br)c1OCC(N)=O. The second-order valence-corrected chi connectivity index (χ2v) is 9.08. The Kier molecular flexibility index (Phi) is 7.75. The Morgan fingerprint density at radius 1 is 1.20 bits per heavy atom. The number of halogens is 1. The third-order valence-electron chi connectivity index (χ3n) is 3.60. The van der Waals surface area contributed by atoms with E-state index in [0.29, 0.717) is 18.1 Å². The molecule has 0 aliphatic heterocycles. The molecule has 1 aromatic carbocycles. The van der Waals surface area contributed by atoms with E-state index in [1.54, 1.807) is 0 Å². The van der Waals surface area contributed by atoms with E-state index in [0.717, 1.165) is 23.0 Å². The molecule has 1 rings (SSSR count). The number of hydrogen-bond donors (Lipinski definition) is 2. The molecule has 0 saturated heterocycles. The maximum absolute atomic E-state index is 11.0. The van der Waals surface area contributed by atoms with E-state index in [1.807, 2.05) is 19.1 Å². The van der Waals surface area contributed by atoms with Crippen LogP contribution in [0.4, 0.5) is 0 Å². The topological polar surface area (TPSA) is 78.2 Å². The van der Waals surface area contributed by atoms with Gasteiger partial charge in [0, 0.05) is 12.0 Å². The van der Waals surface area contributed by atoms with Gasteiger partial charge in [-0.3, -0.25) is 4.79 Å². The normalized spacial score (nSPS) is 12.1. The first-order valence-corrected chi connectivity index (χ1v) is 9.43. The molecule has 6 heteroatoms. The summed E-state index contributed by atoms with van der Waals surface area (Å²) in [7, 11) is 0. The lowest BCUT2D eigenvalue weighted by atomic mass is 9.82. The number of hydrogen-bond acceptors (Lipinski definition) is 3. The average molecular weight is 416 g/mol. The molecule has 142 valence electrons. The highest BCUT2D eigenvalue weighted by Gasteiger charge is 2.28. The fourth-order valence-corrected chi connectivity index (χ4v) is 3.72. The molecule has 1 aromatic rings. The smallest absolute Gasteiger partial charge is 0.255 e. The predicted molar refractivity (Wildman–Crippen MR) is 104 cm³/mol. The zero-order valence-electron chi connectivity index (χ0n) is 16.2. The molecule has 0 aliphatic rings. The predicted octanol–water partition coefficient (Wildman–Crippen LogP) is 2.99. The van der Waals surface area contributed by atoms with Gasteiger partial charge in [-0.15, -0.1) is 0 Å². The lowest BCUT2D eigenvalue weighted by Crippen LogP contribution is -2.94. The molecule has 0 spiro atoms. The first kappa shape index (κ1) is 21.8. The Bertz CT molecular complexity index is 595. The standard InChI is InChI=1S/C19H31BrN2O3/c1-7-24-15-9-13(8-14(20)17(15)25-11-16(21)23)10-22-19(5,6)12-18(2,3)4/h8-9,22H,7,10-12H2,1-6H3,(H2,21,23)/p+1. The molecule has 0 fully saturated rings. The average Bonchev–Trinajstić information content (AvgIpc) is 2.42. The van der Waals surface area contributed by atoms with Crippen LogP contribution in [-0.2, 0) is 11.3 Å². The van der Waals surface area contributed by atoms with E-state index in [-0.39, 0.29) is 17.6 Å². The number of quaternary nitrogens is 1. The third-order valence-corrected chi connectivity index (χ3v) is 4.19. The number of ether oxygens (including phenoxy) is 2. The molecular formula is C19H32BrN2O3+. The summed E-state index contributed by atoms with van der Waals surface area (Å²) in [6.45, 7) is 14.4. The highest BCUT2D eigenvalue weighted by molar-refractivity contribution is 9.10. The molecule has 0 bridgehead atoms. The van der Waals surface area contributed by atoms with Gasteiger partial charge < -0.3 is 20.5 Å². The van der Waals surface area contributed by atoms with Crippen molar-refractivity contribution >= 4 is 21.8 Å². The molecule has 5 nitrogen and oxygen atoms in total. The third kappa shape index (κ3) is 8.10. The zero-order valence-corrected chi connectivity index (χ0v) is 17.8. The van der Waals surface area contributed by atoms with Gasteiger partial charge in [-0.25, -0.2) is 0 Å². The number of carbonyl (C=O) groups excluding carboxylic acids is 1. The molecule has 1 amide bonds. The number of nitrogens with two attached hydrogens (primary N) is 2. The fourth-order valence-electron chi connectivity index (χ4n) is 3.12. The number of amides is 1.